The Bertz CT molecular complexity index is 1150. The quantitative estimate of drug-likeness (QED) is 0.0997. The molecular formula is C20H29NO20S. The number of amides is 1. The summed E-state index contributed by atoms with van der Waals surface area (Å²) in [5, 5.41) is 82.5. The van der Waals surface area contributed by atoms with E-state index in [1.165, 1.54) is 0 Å². The van der Waals surface area contributed by atoms with E-state index in [1.807, 2.05) is 0 Å². The molecule has 3 aliphatic heterocycles. The van der Waals surface area contributed by atoms with Gasteiger partial charge in [-0.3, -0.25) is 9.35 Å². The smallest absolute Gasteiger partial charge is 0.397 e. The van der Waals surface area contributed by atoms with Gasteiger partial charge in [-0.25, -0.2) is 13.8 Å². The highest BCUT2D eigenvalue weighted by Gasteiger charge is 2.54. The molecule has 3 aliphatic rings. The van der Waals surface area contributed by atoms with Crippen LogP contribution >= 0.6 is 0 Å². The number of nitrogens with one attached hydrogen (secondary N) is 1. The lowest BCUT2D eigenvalue weighted by Gasteiger charge is -2.48. The lowest BCUT2D eigenvalue weighted by Crippen LogP contribution is -2.69. The zero-order valence-corrected chi connectivity index (χ0v) is 22.0. The summed E-state index contributed by atoms with van der Waals surface area (Å²) in [7, 11) is -5.16. The van der Waals surface area contributed by atoms with Gasteiger partial charge in [-0.1, -0.05) is 0 Å². The van der Waals surface area contributed by atoms with Crippen LogP contribution in [0.25, 0.3) is 0 Å². The van der Waals surface area contributed by atoms with Gasteiger partial charge in [0.05, 0.1) is 6.61 Å². The normalized spacial score (nSPS) is 40.9. The van der Waals surface area contributed by atoms with Crippen molar-refractivity contribution in [1.29, 1.82) is 0 Å². The highest BCUT2D eigenvalue weighted by atomic mass is 32.3. The third kappa shape index (κ3) is 7.87. The largest absolute Gasteiger partial charge is 0.479 e. The second-order valence-corrected chi connectivity index (χ2v) is 10.3. The SMILES string of the molecule is CC(=O)NC1C(OC2C(C(=O)O)OC(O)C(O)C2O)OC(COS(=O)(=O)O)C(O)C1OC1OC(C(=O)O)=CC(O)C1O. The van der Waals surface area contributed by atoms with Gasteiger partial charge in [0.2, 0.25) is 18.0 Å². The average Bonchev–Trinajstić information content (AvgIpc) is 2.87. The third-order valence-electron chi connectivity index (χ3n) is 6.22. The van der Waals surface area contributed by atoms with Crippen LogP contribution in [0, 0.1) is 0 Å². The van der Waals surface area contributed by atoms with Gasteiger partial charge in [-0.05, 0) is 6.08 Å². The van der Waals surface area contributed by atoms with Crippen LogP contribution in [-0.4, -0.2) is 158 Å². The summed E-state index contributed by atoms with van der Waals surface area (Å²) in [6, 6.07) is -1.79. The molecule has 10 N–H and O–H groups in total. The number of aliphatic hydroxyl groups excluding tert-OH is 6. The highest BCUT2D eigenvalue weighted by Crippen LogP contribution is 2.32. The lowest BCUT2D eigenvalue weighted by molar-refractivity contribution is -0.346. The van der Waals surface area contributed by atoms with Gasteiger partial charge < -0.3 is 69.9 Å². The van der Waals surface area contributed by atoms with Crippen LogP contribution < -0.4 is 5.32 Å². The first kappa shape index (κ1) is 33.9. The Labute approximate surface area is 235 Å². The minimum absolute atomic E-state index is 0.628. The molecule has 0 aromatic carbocycles. The van der Waals surface area contributed by atoms with Crippen LogP contribution in [0.4, 0.5) is 0 Å². The summed E-state index contributed by atoms with van der Waals surface area (Å²) in [6.45, 7) is -0.231. The summed E-state index contributed by atoms with van der Waals surface area (Å²) in [5.41, 5.74) is 0. The van der Waals surface area contributed by atoms with E-state index < -0.39 is 120 Å². The number of hydrogen-bond acceptors (Lipinski definition) is 17. The van der Waals surface area contributed by atoms with E-state index in [9.17, 15) is 63.7 Å². The molecule has 2 saturated heterocycles. The first-order valence-corrected chi connectivity index (χ1v) is 13.2. The Hall–Kier alpha value is -2.58. The minimum Gasteiger partial charge on any atom is -0.479 e. The van der Waals surface area contributed by atoms with Crippen molar-refractivity contribution in [3.8, 4) is 0 Å². The standard InChI is InChI=1S/C20H29NO20S/c1-4(22)21-8-13(40-20-9(24)5(23)2-6(37-20)16(28)29)10(25)7(3-36-42(33,34)35)38-19(8)41-14-11(26)12(27)18(32)39-15(14)17(30)31/h2,5,7-15,18-20,23-27,32H,3H2,1H3,(H,21,22)(H,28,29)(H,30,31)(H,33,34,35). The molecule has 0 radical (unpaired) electrons. The first-order valence-electron chi connectivity index (χ1n) is 11.8. The Balaban J connectivity index is 2.01. The number of carboxylic acids is 2. The van der Waals surface area contributed by atoms with Crippen molar-refractivity contribution < 1.29 is 96.1 Å². The van der Waals surface area contributed by atoms with E-state index in [2.05, 4.69) is 9.50 Å². The maximum Gasteiger partial charge on any atom is 0.397 e. The average molecular weight is 636 g/mol. The molecule has 0 bridgehead atoms. The number of hydrogen-bond donors (Lipinski definition) is 10. The molecule has 3 heterocycles. The highest BCUT2D eigenvalue weighted by molar-refractivity contribution is 7.80. The molecule has 13 unspecified atom stereocenters. The maximum absolute atomic E-state index is 12.1. The summed E-state index contributed by atoms with van der Waals surface area (Å²) >= 11 is 0. The van der Waals surface area contributed by atoms with Crippen LogP contribution in [0.1, 0.15) is 6.92 Å². The molecule has 0 saturated carbocycles. The number of ether oxygens (including phenoxy) is 5. The Morgan fingerprint density at radius 3 is 2.07 bits per heavy atom. The molecule has 0 aliphatic carbocycles. The minimum atomic E-state index is -5.16. The monoisotopic (exact) mass is 635 g/mol. The summed E-state index contributed by atoms with van der Waals surface area (Å²) in [4.78, 5) is 35.2. The van der Waals surface area contributed by atoms with E-state index in [0.717, 1.165) is 6.92 Å². The van der Waals surface area contributed by atoms with Crippen molar-refractivity contribution >= 4 is 28.2 Å². The number of carbonyl (C=O) groups is 3. The van der Waals surface area contributed by atoms with E-state index in [-0.39, 0.29) is 0 Å². The molecule has 42 heavy (non-hydrogen) atoms. The zero-order valence-electron chi connectivity index (χ0n) is 21.2. The molecule has 3 rings (SSSR count). The Morgan fingerprint density at radius 1 is 0.905 bits per heavy atom. The zero-order chi connectivity index (χ0) is 31.7. The predicted octanol–water partition coefficient (Wildman–Crippen LogP) is -6.26. The second kappa shape index (κ2) is 13.4. The molecule has 240 valence electrons. The number of aliphatic hydroxyl groups is 6. The van der Waals surface area contributed by atoms with Crippen molar-refractivity contribution in [3.05, 3.63) is 11.8 Å². The van der Waals surface area contributed by atoms with Gasteiger partial charge in [-0.15, -0.1) is 0 Å². The fraction of sp³-hybridized carbons (Fsp3) is 0.750. The molecule has 0 spiro atoms. The molecule has 21 nitrogen and oxygen atoms in total. The van der Waals surface area contributed by atoms with Gasteiger partial charge >= 0.3 is 22.3 Å². The van der Waals surface area contributed by atoms with Crippen LogP contribution in [0.3, 0.4) is 0 Å². The van der Waals surface area contributed by atoms with E-state index in [1.54, 1.807) is 0 Å². The summed E-state index contributed by atoms with van der Waals surface area (Å²) in [5.74, 6) is -5.29. The van der Waals surface area contributed by atoms with Gasteiger partial charge in [0, 0.05) is 6.92 Å². The molecule has 22 heteroatoms. The summed E-state index contributed by atoms with van der Waals surface area (Å²) < 4.78 is 61.8. The van der Waals surface area contributed by atoms with Crippen molar-refractivity contribution in [2.45, 2.75) is 86.8 Å². The summed E-state index contributed by atoms with van der Waals surface area (Å²) in [6.07, 6.45) is -24.1. The fourth-order valence-corrected chi connectivity index (χ4v) is 4.57. The van der Waals surface area contributed by atoms with Crippen LogP contribution in [0.2, 0.25) is 0 Å². The number of carbonyl (C=O) groups excluding carboxylic acids is 1. The van der Waals surface area contributed by atoms with Crippen LogP contribution in [-0.2, 0) is 52.7 Å². The van der Waals surface area contributed by atoms with Crippen LogP contribution in [0.15, 0.2) is 11.8 Å². The van der Waals surface area contributed by atoms with E-state index in [4.69, 9.17) is 28.2 Å². The number of carboxylic acid groups (broad SMARTS) is 2. The molecule has 13 atom stereocenters. The van der Waals surface area contributed by atoms with Gasteiger partial charge in [0.15, 0.2) is 18.7 Å². The number of rotatable bonds is 10. The molecule has 0 aromatic rings. The second-order valence-electron chi connectivity index (χ2n) is 9.24. The van der Waals surface area contributed by atoms with Crippen molar-refractivity contribution in [1.82, 2.24) is 5.32 Å². The Kier molecular flexibility index (Phi) is 10.8. The maximum atomic E-state index is 12.1. The van der Waals surface area contributed by atoms with E-state index >= 15 is 0 Å². The number of aliphatic carboxylic acids is 2. The topological polar surface area (TPSA) is 335 Å². The fourth-order valence-electron chi connectivity index (χ4n) is 4.26. The van der Waals surface area contributed by atoms with E-state index in [0.29, 0.717) is 6.08 Å². The molecule has 1 amide bonds. The molecular weight excluding hydrogens is 606 g/mol. The van der Waals surface area contributed by atoms with Gasteiger partial charge in [0.25, 0.3) is 0 Å². The Morgan fingerprint density at radius 2 is 1.52 bits per heavy atom. The van der Waals surface area contributed by atoms with Crippen molar-refractivity contribution in [2.75, 3.05) is 6.61 Å². The van der Waals surface area contributed by atoms with Gasteiger partial charge in [0.1, 0.15) is 54.9 Å². The molecule has 2 fully saturated rings. The predicted molar refractivity (Wildman–Crippen MR) is 123 cm³/mol. The van der Waals surface area contributed by atoms with Crippen LogP contribution in [0.5, 0.6) is 0 Å². The third-order valence-corrected chi connectivity index (χ3v) is 6.65. The lowest BCUT2D eigenvalue weighted by atomic mass is 9.95. The molecule has 0 aromatic heterocycles. The first-order chi connectivity index (χ1) is 19.4. The van der Waals surface area contributed by atoms with Crippen molar-refractivity contribution in [3.63, 3.8) is 0 Å². The van der Waals surface area contributed by atoms with Gasteiger partial charge in [-0.2, -0.15) is 8.42 Å². The van der Waals surface area contributed by atoms with Crippen molar-refractivity contribution in [2.24, 2.45) is 0 Å².